The fraction of sp³-hybridized carbons (Fsp3) is 0.263. The Balaban J connectivity index is 1.74. The lowest BCUT2D eigenvalue weighted by atomic mass is 10.1. The monoisotopic (exact) mass is 407 g/mol. The van der Waals surface area contributed by atoms with Crippen molar-refractivity contribution in [2.24, 2.45) is 0 Å². The van der Waals surface area contributed by atoms with Gasteiger partial charge in [-0.25, -0.2) is 13.1 Å². The van der Waals surface area contributed by atoms with E-state index in [1.165, 1.54) is 22.7 Å². The van der Waals surface area contributed by atoms with Crippen LogP contribution in [0.5, 0.6) is 0 Å². The Hall–Kier alpha value is -1.51. The maximum Gasteiger partial charge on any atom is 0.241 e. The number of hydrogen-bond acceptors (Lipinski definition) is 5. The predicted molar refractivity (Wildman–Crippen MR) is 107 cm³/mol. The summed E-state index contributed by atoms with van der Waals surface area (Å²) in [5.74, 6) is 0. The minimum Gasteiger partial charge on any atom is -0.382 e. The van der Waals surface area contributed by atoms with E-state index in [2.05, 4.69) is 4.72 Å². The number of rotatable bonds is 6. The van der Waals surface area contributed by atoms with Gasteiger partial charge < -0.3 is 5.11 Å². The second-order valence-electron chi connectivity index (χ2n) is 6.25. The number of aliphatic hydroxyl groups is 1. The molecule has 0 saturated carbocycles. The van der Waals surface area contributed by atoms with Crippen molar-refractivity contribution < 1.29 is 13.5 Å². The van der Waals surface area contributed by atoms with Crippen molar-refractivity contribution in [3.63, 3.8) is 0 Å². The first-order chi connectivity index (χ1) is 12.3. The van der Waals surface area contributed by atoms with E-state index in [0.29, 0.717) is 4.90 Å². The van der Waals surface area contributed by atoms with Gasteiger partial charge in [-0.05, 0) is 67.1 Å². The average molecular weight is 408 g/mol. The Morgan fingerprint density at radius 3 is 2.46 bits per heavy atom. The third-order valence-corrected chi connectivity index (χ3v) is 7.89. The molecule has 0 spiro atoms. The SMILES string of the molecule is Cc1cc(C)c(S(=O)(=O)NCc2ccc(C(O)c3cccs3)s2)cc1C. The van der Waals surface area contributed by atoms with Crippen LogP contribution >= 0.6 is 22.7 Å². The number of thiophene rings is 2. The Morgan fingerprint density at radius 1 is 1.04 bits per heavy atom. The highest BCUT2D eigenvalue weighted by molar-refractivity contribution is 7.89. The van der Waals surface area contributed by atoms with Gasteiger partial charge in [0.1, 0.15) is 6.10 Å². The van der Waals surface area contributed by atoms with Gasteiger partial charge in [0.05, 0.1) is 4.90 Å². The summed E-state index contributed by atoms with van der Waals surface area (Å²) in [5, 5.41) is 12.3. The van der Waals surface area contributed by atoms with Gasteiger partial charge >= 0.3 is 0 Å². The number of aliphatic hydroxyl groups excluding tert-OH is 1. The summed E-state index contributed by atoms with van der Waals surface area (Å²) in [6.45, 7) is 5.89. The van der Waals surface area contributed by atoms with Crippen LogP contribution in [0.2, 0.25) is 0 Å². The molecule has 0 saturated heterocycles. The second-order valence-corrected chi connectivity index (χ2v) is 10.2. The molecule has 7 heteroatoms. The van der Waals surface area contributed by atoms with E-state index in [1.807, 2.05) is 56.5 Å². The summed E-state index contributed by atoms with van der Waals surface area (Å²) in [6, 6.07) is 11.1. The minimum atomic E-state index is -3.59. The molecule has 0 amide bonds. The molecule has 4 nitrogen and oxygen atoms in total. The number of hydrogen-bond donors (Lipinski definition) is 2. The molecule has 138 valence electrons. The van der Waals surface area contributed by atoms with Crippen molar-refractivity contribution in [1.82, 2.24) is 4.72 Å². The third kappa shape index (κ3) is 4.07. The lowest BCUT2D eigenvalue weighted by Crippen LogP contribution is -2.23. The maximum absolute atomic E-state index is 12.7. The zero-order chi connectivity index (χ0) is 18.9. The molecule has 3 aromatic rings. The Kier molecular flexibility index (Phi) is 5.64. The Morgan fingerprint density at radius 2 is 1.77 bits per heavy atom. The molecular formula is C19H21NO3S3. The van der Waals surface area contributed by atoms with Crippen molar-refractivity contribution in [3.05, 3.63) is 73.1 Å². The first-order valence-electron chi connectivity index (χ1n) is 8.15. The fourth-order valence-electron chi connectivity index (χ4n) is 2.69. The predicted octanol–water partition coefficient (Wildman–Crippen LogP) is 4.30. The molecule has 1 atom stereocenters. The lowest BCUT2D eigenvalue weighted by Gasteiger charge is -2.11. The van der Waals surface area contributed by atoms with Crippen molar-refractivity contribution in [3.8, 4) is 0 Å². The lowest BCUT2D eigenvalue weighted by molar-refractivity contribution is 0.228. The average Bonchev–Trinajstić information content (AvgIpc) is 3.27. The summed E-state index contributed by atoms with van der Waals surface area (Å²) in [5.41, 5.74) is 2.76. The Labute approximate surface area is 162 Å². The van der Waals surface area contributed by atoms with Gasteiger partial charge in [-0.1, -0.05) is 12.1 Å². The molecule has 2 heterocycles. The number of aryl methyl sites for hydroxylation is 3. The second kappa shape index (κ2) is 7.62. The van der Waals surface area contributed by atoms with Gasteiger partial charge in [0, 0.05) is 21.2 Å². The first-order valence-corrected chi connectivity index (χ1v) is 11.3. The van der Waals surface area contributed by atoms with E-state index in [9.17, 15) is 13.5 Å². The highest BCUT2D eigenvalue weighted by atomic mass is 32.2. The van der Waals surface area contributed by atoms with Crippen molar-refractivity contribution in [1.29, 1.82) is 0 Å². The maximum atomic E-state index is 12.7. The standard InChI is InChI=1S/C19H21NO3S3/c1-12-9-14(3)18(10-13(12)2)26(22,23)20-11-15-6-7-17(25-15)19(21)16-5-4-8-24-16/h4-10,19-21H,11H2,1-3H3. The van der Waals surface area contributed by atoms with Crippen molar-refractivity contribution >= 4 is 32.7 Å². The molecule has 0 bridgehead atoms. The summed E-state index contributed by atoms with van der Waals surface area (Å²) < 4.78 is 28.0. The van der Waals surface area contributed by atoms with E-state index >= 15 is 0 Å². The van der Waals surface area contributed by atoms with Crippen molar-refractivity contribution in [2.75, 3.05) is 0 Å². The van der Waals surface area contributed by atoms with Crippen LogP contribution in [-0.4, -0.2) is 13.5 Å². The van der Waals surface area contributed by atoms with E-state index < -0.39 is 16.1 Å². The molecule has 0 aliphatic rings. The third-order valence-electron chi connectivity index (χ3n) is 4.28. The summed E-state index contributed by atoms with van der Waals surface area (Å²) in [7, 11) is -3.59. The highest BCUT2D eigenvalue weighted by Crippen LogP contribution is 2.31. The molecular weight excluding hydrogens is 386 g/mol. The van der Waals surface area contributed by atoms with Gasteiger partial charge in [-0.15, -0.1) is 22.7 Å². The van der Waals surface area contributed by atoms with Crippen LogP contribution in [0.4, 0.5) is 0 Å². The van der Waals surface area contributed by atoms with E-state index in [1.54, 1.807) is 6.07 Å². The molecule has 0 aliphatic carbocycles. The van der Waals surface area contributed by atoms with Gasteiger partial charge in [0.25, 0.3) is 0 Å². The van der Waals surface area contributed by atoms with Gasteiger partial charge in [0.2, 0.25) is 10.0 Å². The molecule has 2 N–H and O–H groups in total. The summed E-state index contributed by atoms with van der Waals surface area (Å²) >= 11 is 2.91. The highest BCUT2D eigenvalue weighted by Gasteiger charge is 2.19. The van der Waals surface area contributed by atoms with E-state index in [-0.39, 0.29) is 6.54 Å². The van der Waals surface area contributed by atoms with Gasteiger partial charge in [0.15, 0.2) is 0 Å². The molecule has 0 aliphatic heterocycles. The normalized spacial score (nSPS) is 13.1. The fourth-order valence-corrected chi connectivity index (χ4v) is 5.86. The zero-order valence-electron chi connectivity index (χ0n) is 14.8. The number of benzene rings is 1. The minimum absolute atomic E-state index is 0.205. The largest absolute Gasteiger partial charge is 0.382 e. The molecule has 1 aromatic carbocycles. The van der Waals surface area contributed by atoms with E-state index in [4.69, 9.17) is 0 Å². The van der Waals surface area contributed by atoms with Crippen LogP contribution in [-0.2, 0) is 16.6 Å². The van der Waals surface area contributed by atoms with Gasteiger partial charge in [-0.2, -0.15) is 0 Å². The van der Waals surface area contributed by atoms with Crippen LogP contribution in [0.25, 0.3) is 0 Å². The molecule has 0 fully saturated rings. The van der Waals surface area contributed by atoms with Crippen LogP contribution in [0.1, 0.15) is 37.4 Å². The van der Waals surface area contributed by atoms with Crippen molar-refractivity contribution in [2.45, 2.75) is 38.3 Å². The van der Waals surface area contributed by atoms with Crippen LogP contribution in [0.3, 0.4) is 0 Å². The first kappa shape index (κ1) is 19.3. The molecule has 0 radical (unpaired) electrons. The Bertz CT molecular complexity index is 1000. The van der Waals surface area contributed by atoms with Crippen LogP contribution in [0, 0.1) is 20.8 Å². The summed E-state index contributed by atoms with van der Waals surface area (Å²) in [4.78, 5) is 2.87. The molecule has 2 aromatic heterocycles. The van der Waals surface area contributed by atoms with E-state index in [0.717, 1.165) is 31.3 Å². The van der Waals surface area contributed by atoms with Crippen LogP contribution < -0.4 is 4.72 Å². The zero-order valence-corrected chi connectivity index (χ0v) is 17.3. The van der Waals surface area contributed by atoms with Gasteiger partial charge in [-0.3, -0.25) is 0 Å². The topological polar surface area (TPSA) is 66.4 Å². The molecule has 1 unspecified atom stereocenters. The molecule has 26 heavy (non-hydrogen) atoms. The molecule has 3 rings (SSSR count). The quantitative estimate of drug-likeness (QED) is 0.640. The number of nitrogens with one attached hydrogen (secondary N) is 1. The summed E-state index contributed by atoms with van der Waals surface area (Å²) in [6.07, 6.45) is -0.660. The number of sulfonamides is 1. The smallest absolute Gasteiger partial charge is 0.241 e. The van der Waals surface area contributed by atoms with Crippen LogP contribution in [0.15, 0.2) is 46.7 Å².